The van der Waals surface area contributed by atoms with Crippen molar-refractivity contribution in [3.8, 4) is 17.2 Å². The number of nitrogens with one attached hydrogen (secondary N) is 1. The van der Waals surface area contributed by atoms with Crippen LogP contribution >= 0.6 is 22.6 Å². The number of carbonyl (C=O) groups excluding carboxylic acids is 1. The number of nitrogens with zero attached hydrogens (tertiary/aromatic N) is 1. The van der Waals surface area contributed by atoms with E-state index in [1.165, 1.54) is 9.78 Å². The maximum Gasteiger partial charge on any atom is 0.307 e. The van der Waals surface area contributed by atoms with Gasteiger partial charge in [-0.15, -0.1) is 0 Å². The summed E-state index contributed by atoms with van der Waals surface area (Å²) in [5, 5.41) is 4.82. The van der Waals surface area contributed by atoms with Crippen molar-refractivity contribution in [2.45, 2.75) is 13.5 Å². The summed E-state index contributed by atoms with van der Waals surface area (Å²) in [5.41, 5.74) is 4.89. The third kappa shape index (κ3) is 5.88. The summed E-state index contributed by atoms with van der Waals surface area (Å²) in [7, 11) is 1.58. The van der Waals surface area contributed by atoms with Gasteiger partial charge in [-0.05, 0) is 95.2 Å². The van der Waals surface area contributed by atoms with Crippen LogP contribution in [0.3, 0.4) is 0 Å². The summed E-state index contributed by atoms with van der Waals surface area (Å²) in [4.78, 5) is 12.4. The maximum absolute atomic E-state index is 12.4. The second-order valence-corrected chi connectivity index (χ2v) is 8.51. The van der Waals surface area contributed by atoms with Gasteiger partial charge in [0.2, 0.25) is 0 Å². The van der Waals surface area contributed by atoms with Crippen LogP contribution in [0.5, 0.6) is 17.2 Å². The predicted octanol–water partition coefficient (Wildman–Crippen LogP) is 5.79. The largest absolute Gasteiger partial charge is 0.494 e. The highest BCUT2D eigenvalue weighted by molar-refractivity contribution is 14.1. The van der Waals surface area contributed by atoms with Crippen molar-refractivity contribution < 1.29 is 23.4 Å². The van der Waals surface area contributed by atoms with E-state index in [-0.39, 0.29) is 5.76 Å². The van der Waals surface area contributed by atoms with E-state index < -0.39 is 5.91 Å². The Bertz CT molecular complexity index is 1310. The normalized spacial score (nSPS) is 11.0. The van der Waals surface area contributed by atoms with Crippen LogP contribution in [0.25, 0.3) is 11.0 Å². The molecular formula is C26H23IN2O5. The second-order valence-electron chi connectivity index (χ2n) is 7.27. The summed E-state index contributed by atoms with van der Waals surface area (Å²) in [6.45, 7) is 2.91. The number of methoxy groups -OCH3 is 1. The lowest BCUT2D eigenvalue weighted by atomic mass is 10.2. The highest BCUT2D eigenvalue weighted by Gasteiger charge is 2.12. The Morgan fingerprint density at radius 2 is 1.85 bits per heavy atom. The van der Waals surface area contributed by atoms with Gasteiger partial charge in [0.1, 0.15) is 17.9 Å². The lowest BCUT2D eigenvalue weighted by Gasteiger charge is -2.11. The van der Waals surface area contributed by atoms with Crippen LogP contribution in [-0.2, 0) is 6.61 Å². The SMILES string of the molecule is CCOc1ccc2oc(C(=O)N/N=C/c3ccc(OCc4ccc(I)cc4)c(OC)c3)cc2c1. The Balaban J connectivity index is 1.38. The van der Waals surface area contributed by atoms with Gasteiger partial charge in [0.15, 0.2) is 17.3 Å². The zero-order valence-corrected chi connectivity index (χ0v) is 20.9. The first-order valence-corrected chi connectivity index (χ1v) is 11.7. The van der Waals surface area contributed by atoms with E-state index >= 15 is 0 Å². The molecule has 1 amide bonds. The summed E-state index contributed by atoms with van der Waals surface area (Å²) in [6.07, 6.45) is 1.53. The third-order valence-corrected chi connectivity index (χ3v) is 5.62. The van der Waals surface area contributed by atoms with E-state index in [9.17, 15) is 4.79 Å². The number of furan rings is 1. The number of halogens is 1. The van der Waals surface area contributed by atoms with Crippen LogP contribution in [0.15, 0.2) is 76.2 Å². The average molecular weight is 570 g/mol. The number of rotatable bonds is 9. The van der Waals surface area contributed by atoms with Crippen molar-refractivity contribution in [3.05, 3.63) is 87.2 Å². The Morgan fingerprint density at radius 1 is 1.03 bits per heavy atom. The molecule has 1 heterocycles. The molecule has 4 aromatic rings. The van der Waals surface area contributed by atoms with Gasteiger partial charge in [-0.1, -0.05) is 12.1 Å². The van der Waals surface area contributed by atoms with Crippen LogP contribution in [0.4, 0.5) is 0 Å². The van der Waals surface area contributed by atoms with E-state index in [4.69, 9.17) is 18.6 Å². The van der Waals surface area contributed by atoms with Crippen molar-refractivity contribution in [2.75, 3.05) is 13.7 Å². The van der Waals surface area contributed by atoms with Crippen LogP contribution in [0, 0.1) is 3.57 Å². The highest BCUT2D eigenvalue weighted by atomic mass is 127. The average Bonchev–Trinajstić information content (AvgIpc) is 3.28. The minimum absolute atomic E-state index is 0.165. The van der Waals surface area contributed by atoms with Crippen molar-refractivity contribution in [2.24, 2.45) is 5.10 Å². The zero-order valence-electron chi connectivity index (χ0n) is 18.7. The van der Waals surface area contributed by atoms with Gasteiger partial charge in [-0.25, -0.2) is 5.43 Å². The third-order valence-electron chi connectivity index (χ3n) is 4.90. The molecule has 0 aliphatic heterocycles. The first-order valence-electron chi connectivity index (χ1n) is 10.6. The molecule has 0 aliphatic rings. The fourth-order valence-electron chi connectivity index (χ4n) is 3.24. The Kier molecular flexibility index (Phi) is 7.69. The molecule has 8 heteroatoms. The number of hydrogen-bond acceptors (Lipinski definition) is 6. The summed E-state index contributed by atoms with van der Waals surface area (Å²) in [5.74, 6) is 1.63. The molecule has 174 valence electrons. The smallest absolute Gasteiger partial charge is 0.307 e. The minimum Gasteiger partial charge on any atom is -0.494 e. The number of amides is 1. The molecule has 0 unspecified atom stereocenters. The Morgan fingerprint density at radius 3 is 2.62 bits per heavy atom. The number of fused-ring (bicyclic) bond motifs is 1. The van der Waals surface area contributed by atoms with Gasteiger partial charge in [0, 0.05) is 8.96 Å². The standard InChI is InChI=1S/C26H23IN2O5/c1-3-32-21-9-11-22-19(13-21)14-25(34-22)26(30)29-28-15-18-6-10-23(24(12-18)31-2)33-16-17-4-7-20(27)8-5-17/h4-15H,3,16H2,1-2H3,(H,29,30)/b28-15+. The Labute approximate surface area is 210 Å². The van der Waals surface area contributed by atoms with Gasteiger partial charge in [-0.3, -0.25) is 4.79 Å². The van der Waals surface area contributed by atoms with Crippen LogP contribution < -0.4 is 19.6 Å². The van der Waals surface area contributed by atoms with Crippen molar-refractivity contribution in [1.29, 1.82) is 0 Å². The number of ether oxygens (including phenoxy) is 3. The van der Waals surface area contributed by atoms with Crippen molar-refractivity contribution >= 4 is 45.7 Å². The van der Waals surface area contributed by atoms with Gasteiger partial charge in [0.25, 0.3) is 0 Å². The molecule has 34 heavy (non-hydrogen) atoms. The van der Waals surface area contributed by atoms with Gasteiger partial charge < -0.3 is 18.6 Å². The van der Waals surface area contributed by atoms with Gasteiger partial charge in [0.05, 0.1) is 19.9 Å². The quantitative estimate of drug-likeness (QED) is 0.157. The molecule has 4 rings (SSSR count). The molecule has 0 saturated carbocycles. The fourth-order valence-corrected chi connectivity index (χ4v) is 3.60. The number of hydrazone groups is 1. The molecule has 0 spiro atoms. The number of carbonyl (C=O) groups is 1. The summed E-state index contributed by atoms with van der Waals surface area (Å²) < 4.78 is 23.6. The van der Waals surface area contributed by atoms with Gasteiger partial charge >= 0.3 is 5.91 Å². The molecule has 0 bridgehead atoms. The van der Waals surface area contributed by atoms with Crippen molar-refractivity contribution in [1.82, 2.24) is 5.43 Å². The van der Waals surface area contributed by atoms with Gasteiger partial charge in [-0.2, -0.15) is 5.10 Å². The zero-order chi connectivity index (χ0) is 23.9. The molecule has 1 N–H and O–H groups in total. The van der Waals surface area contributed by atoms with Crippen molar-refractivity contribution in [3.63, 3.8) is 0 Å². The van der Waals surface area contributed by atoms with Crippen LogP contribution in [-0.4, -0.2) is 25.8 Å². The van der Waals surface area contributed by atoms with Crippen LogP contribution in [0.2, 0.25) is 0 Å². The minimum atomic E-state index is -0.449. The van der Waals surface area contributed by atoms with E-state index in [1.807, 2.05) is 49.4 Å². The predicted molar refractivity (Wildman–Crippen MR) is 139 cm³/mol. The molecule has 0 radical (unpaired) electrons. The van der Waals surface area contributed by atoms with E-state index in [1.54, 1.807) is 31.4 Å². The lowest BCUT2D eigenvalue weighted by Crippen LogP contribution is -2.16. The molecule has 0 saturated heterocycles. The Hall–Kier alpha value is -3.53. The first kappa shape index (κ1) is 23.6. The van der Waals surface area contributed by atoms with E-state index in [0.717, 1.165) is 22.3 Å². The molecule has 0 aliphatic carbocycles. The number of hydrogen-bond donors (Lipinski definition) is 1. The summed E-state index contributed by atoms with van der Waals surface area (Å²) in [6, 6.07) is 20.6. The lowest BCUT2D eigenvalue weighted by molar-refractivity contribution is 0.0929. The van der Waals surface area contributed by atoms with E-state index in [0.29, 0.717) is 30.3 Å². The monoisotopic (exact) mass is 570 g/mol. The molecule has 7 nitrogen and oxygen atoms in total. The first-order chi connectivity index (χ1) is 16.6. The maximum atomic E-state index is 12.4. The molecule has 1 aromatic heterocycles. The number of benzene rings is 3. The molecular weight excluding hydrogens is 547 g/mol. The van der Waals surface area contributed by atoms with Crippen LogP contribution in [0.1, 0.15) is 28.6 Å². The topological polar surface area (TPSA) is 82.3 Å². The summed E-state index contributed by atoms with van der Waals surface area (Å²) >= 11 is 2.27. The fraction of sp³-hybridized carbons (Fsp3) is 0.154. The highest BCUT2D eigenvalue weighted by Crippen LogP contribution is 2.28. The molecule has 0 fully saturated rings. The molecule has 3 aromatic carbocycles. The second kappa shape index (κ2) is 11.1. The molecule has 0 atom stereocenters. The van der Waals surface area contributed by atoms with E-state index in [2.05, 4.69) is 33.1 Å².